The van der Waals surface area contributed by atoms with Crippen molar-refractivity contribution in [1.82, 2.24) is 20.2 Å². The van der Waals surface area contributed by atoms with Gasteiger partial charge in [-0.2, -0.15) is 0 Å². The number of amides is 1. The lowest BCUT2D eigenvalue weighted by Crippen LogP contribution is -2.19. The van der Waals surface area contributed by atoms with Crippen molar-refractivity contribution in [3.05, 3.63) is 30.1 Å². The van der Waals surface area contributed by atoms with Gasteiger partial charge in [0.15, 0.2) is 0 Å². The Morgan fingerprint density at radius 1 is 1.37 bits per heavy atom. The van der Waals surface area contributed by atoms with Crippen LogP contribution in [-0.4, -0.2) is 42.3 Å². The molecule has 0 saturated carbocycles. The van der Waals surface area contributed by atoms with E-state index >= 15 is 0 Å². The maximum atomic E-state index is 11.6. The number of hydrogen-bond donors (Lipinski definition) is 3. The molecule has 2 aromatic rings. The summed E-state index contributed by atoms with van der Waals surface area (Å²) in [5.74, 6) is -2.08. The molecule has 0 fully saturated rings. The van der Waals surface area contributed by atoms with Crippen LogP contribution in [0.3, 0.4) is 0 Å². The third kappa shape index (κ3) is 3.03. The fourth-order valence-electron chi connectivity index (χ4n) is 1.39. The Morgan fingerprint density at radius 2 is 2.16 bits per heavy atom. The smallest absolute Gasteiger partial charge is 0.339 e. The number of nitrogens with one attached hydrogen (secondary N) is 1. The van der Waals surface area contributed by atoms with Gasteiger partial charge in [-0.1, -0.05) is 0 Å². The molecular weight excluding hydrogens is 254 g/mol. The molecule has 1 aromatic carbocycles. The van der Waals surface area contributed by atoms with E-state index in [1.54, 1.807) is 0 Å². The van der Waals surface area contributed by atoms with Gasteiger partial charge in [-0.05, 0) is 22.6 Å². The van der Waals surface area contributed by atoms with Crippen LogP contribution in [-0.2, 0) is 11.3 Å². The number of anilines is 1. The summed E-state index contributed by atoms with van der Waals surface area (Å²) in [4.78, 5) is 22.3. The number of carbonyl (C=O) groups excluding carboxylic acids is 1. The van der Waals surface area contributed by atoms with Gasteiger partial charge >= 0.3 is 5.97 Å². The minimum atomic E-state index is -1.25. The molecular formula is C10H9N5O4. The summed E-state index contributed by atoms with van der Waals surface area (Å²) in [7, 11) is 0. The molecule has 98 valence electrons. The van der Waals surface area contributed by atoms with Crippen LogP contribution in [0.5, 0.6) is 5.75 Å². The number of carboxylic acid groups (broad SMARTS) is 1. The number of nitrogens with zero attached hydrogens (tertiary/aromatic N) is 4. The van der Waals surface area contributed by atoms with Crippen molar-refractivity contribution < 1.29 is 19.8 Å². The number of phenols is 1. The summed E-state index contributed by atoms with van der Waals surface area (Å²) in [6.45, 7) is -0.0888. The molecule has 3 N–H and O–H groups in total. The predicted octanol–water partition coefficient (Wildman–Crippen LogP) is -0.284. The summed E-state index contributed by atoms with van der Waals surface area (Å²) in [5.41, 5.74) is 0.0408. The number of aromatic hydroxyl groups is 1. The van der Waals surface area contributed by atoms with Crippen LogP contribution in [0.1, 0.15) is 10.4 Å². The van der Waals surface area contributed by atoms with Crippen molar-refractivity contribution in [2.45, 2.75) is 6.54 Å². The van der Waals surface area contributed by atoms with Gasteiger partial charge in [0, 0.05) is 11.8 Å². The highest BCUT2D eigenvalue weighted by atomic mass is 16.4. The zero-order valence-electron chi connectivity index (χ0n) is 9.52. The zero-order chi connectivity index (χ0) is 13.8. The molecule has 19 heavy (non-hydrogen) atoms. The predicted molar refractivity (Wildman–Crippen MR) is 61.5 cm³/mol. The third-order valence-corrected chi connectivity index (χ3v) is 2.21. The zero-order valence-corrected chi connectivity index (χ0v) is 9.52. The molecule has 0 aliphatic carbocycles. The molecule has 0 aliphatic rings. The molecule has 9 heteroatoms. The van der Waals surface area contributed by atoms with E-state index in [2.05, 4.69) is 20.8 Å². The van der Waals surface area contributed by atoms with Crippen LogP contribution in [0.4, 0.5) is 5.69 Å². The maximum absolute atomic E-state index is 11.6. The molecule has 0 saturated heterocycles. The van der Waals surface area contributed by atoms with Crippen LogP contribution in [0.2, 0.25) is 0 Å². The average Bonchev–Trinajstić information content (AvgIpc) is 2.81. The number of tetrazole rings is 1. The Labute approximate surface area is 106 Å². The average molecular weight is 263 g/mol. The van der Waals surface area contributed by atoms with E-state index in [1.165, 1.54) is 23.1 Å². The highest BCUT2D eigenvalue weighted by Gasteiger charge is 2.11. The van der Waals surface area contributed by atoms with Gasteiger partial charge in [-0.15, -0.1) is 5.10 Å². The monoisotopic (exact) mass is 263 g/mol. The Bertz CT molecular complexity index is 610. The molecule has 0 bridgehead atoms. The number of benzene rings is 1. The Kier molecular flexibility index (Phi) is 3.37. The van der Waals surface area contributed by atoms with Crippen LogP contribution < -0.4 is 5.32 Å². The highest BCUT2D eigenvalue weighted by Crippen LogP contribution is 2.21. The first-order valence-corrected chi connectivity index (χ1v) is 5.13. The van der Waals surface area contributed by atoms with Crippen molar-refractivity contribution in [2.24, 2.45) is 0 Å². The maximum Gasteiger partial charge on any atom is 0.339 e. The molecule has 1 heterocycles. The molecule has 0 unspecified atom stereocenters. The SMILES string of the molecule is O=C(Cn1cnnn1)Nc1ccc(C(=O)O)c(O)c1. The lowest BCUT2D eigenvalue weighted by molar-refractivity contribution is -0.116. The van der Waals surface area contributed by atoms with E-state index in [-0.39, 0.29) is 17.8 Å². The van der Waals surface area contributed by atoms with Gasteiger partial charge < -0.3 is 15.5 Å². The number of aromatic carboxylic acids is 1. The molecule has 1 amide bonds. The normalized spacial score (nSPS) is 10.1. The first kappa shape index (κ1) is 12.5. The Morgan fingerprint density at radius 3 is 2.74 bits per heavy atom. The minimum absolute atomic E-state index is 0.0888. The van der Waals surface area contributed by atoms with Crippen molar-refractivity contribution in [3.63, 3.8) is 0 Å². The third-order valence-electron chi connectivity index (χ3n) is 2.21. The summed E-state index contributed by atoms with van der Waals surface area (Å²) in [6.07, 6.45) is 1.28. The number of aromatic nitrogens is 4. The molecule has 0 aliphatic heterocycles. The number of carbonyl (C=O) groups is 2. The second-order valence-corrected chi connectivity index (χ2v) is 3.59. The Balaban J connectivity index is 2.05. The van der Waals surface area contributed by atoms with E-state index in [4.69, 9.17) is 5.11 Å². The van der Waals surface area contributed by atoms with E-state index in [0.717, 1.165) is 6.07 Å². The standard InChI is InChI=1S/C10H9N5O4/c16-8-3-6(1-2-7(8)10(18)19)12-9(17)4-15-5-11-13-14-15/h1-3,5,16H,4H2,(H,12,17)(H,18,19). The second-order valence-electron chi connectivity index (χ2n) is 3.59. The van der Waals surface area contributed by atoms with Crippen molar-refractivity contribution in [3.8, 4) is 5.75 Å². The fourth-order valence-corrected chi connectivity index (χ4v) is 1.39. The molecule has 2 rings (SSSR count). The van der Waals surface area contributed by atoms with E-state index < -0.39 is 17.6 Å². The topological polar surface area (TPSA) is 130 Å². The first-order chi connectivity index (χ1) is 9.06. The summed E-state index contributed by atoms with van der Waals surface area (Å²) in [5, 5.41) is 30.9. The van der Waals surface area contributed by atoms with Crippen LogP contribution in [0.25, 0.3) is 0 Å². The van der Waals surface area contributed by atoms with Crippen LogP contribution in [0, 0.1) is 0 Å². The highest BCUT2D eigenvalue weighted by molar-refractivity contribution is 5.94. The van der Waals surface area contributed by atoms with Crippen molar-refractivity contribution >= 4 is 17.6 Å². The van der Waals surface area contributed by atoms with Gasteiger partial charge in [0.2, 0.25) is 5.91 Å². The van der Waals surface area contributed by atoms with E-state index in [9.17, 15) is 14.7 Å². The molecule has 0 atom stereocenters. The first-order valence-electron chi connectivity index (χ1n) is 5.13. The lowest BCUT2D eigenvalue weighted by atomic mass is 10.2. The second kappa shape index (κ2) is 5.12. The van der Waals surface area contributed by atoms with Gasteiger partial charge in [0.25, 0.3) is 0 Å². The van der Waals surface area contributed by atoms with Gasteiger partial charge in [-0.3, -0.25) is 4.79 Å². The van der Waals surface area contributed by atoms with Crippen LogP contribution in [0.15, 0.2) is 24.5 Å². The number of hydrogen-bond acceptors (Lipinski definition) is 6. The number of rotatable bonds is 4. The van der Waals surface area contributed by atoms with E-state index in [1.807, 2.05) is 0 Å². The van der Waals surface area contributed by atoms with Gasteiger partial charge in [0.1, 0.15) is 24.2 Å². The van der Waals surface area contributed by atoms with E-state index in [0.29, 0.717) is 0 Å². The summed E-state index contributed by atoms with van der Waals surface area (Å²) in [6, 6.07) is 3.73. The molecule has 1 aromatic heterocycles. The summed E-state index contributed by atoms with van der Waals surface area (Å²) >= 11 is 0. The fraction of sp³-hybridized carbons (Fsp3) is 0.100. The quantitative estimate of drug-likeness (QED) is 0.691. The lowest BCUT2D eigenvalue weighted by Gasteiger charge is -2.06. The molecule has 0 spiro atoms. The minimum Gasteiger partial charge on any atom is -0.507 e. The Hall–Kier alpha value is -2.97. The van der Waals surface area contributed by atoms with Crippen molar-refractivity contribution in [1.29, 1.82) is 0 Å². The summed E-state index contributed by atoms with van der Waals surface area (Å²) < 4.78 is 1.22. The van der Waals surface area contributed by atoms with Crippen molar-refractivity contribution in [2.75, 3.05) is 5.32 Å². The van der Waals surface area contributed by atoms with Crippen LogP contribution >= 0.6 is 0 Å². The van der Waals surface area contributed by atoms with Gasteiger partial charge in [0.05, 0.1) is 0 Å². The number of carboxylic acids is 1. The molecule has 9 nitrogen and oxygen atoms in total. The van der Waals surface area contributed by atoms with Gasteiger partial charge in [-0.25, -0.2) is 9.48 Å². The molecule has 0 radical (unpaired) electrons. The largest absolute Gasteiger partial charge is 0.507 e.